The summed E-state index contributed by atoms with van der Waals surface area (Å²) in [4.78, 5) is 23.7. The molecule has 0 amide bonds. The molecular formula is C18H20F2O5. The van der Waals surface area contributed by atoms with E-state index in [9.17, 15) is 18.4 Å². The number of halogens is 2. The Bertz CT molecular complexity index is 664. The molecule has 1 heterocycles. The lowest BCUT2D eigenvalue weighted by Gasteiger charge is -2.29. The zero-order valence-electron chi connectivity index (χ0n) is 14.4. The summed E-state index contributed by atoms with van der Waals surface area (Å²) >= 11 is 0. The number of rotatable bonds is 6. The van der Waals surface area contributed by atoms with Crippen molar-refractivity contribution in [3.05, 3.63) is 34.9 Å². The molecule has 0 atom stereocenters. The van der Waals surface area contributed by atoms with Crippen LogP contribution in [0, 0.1) is 11.6 Å². The molecule has 1 fully saturated rings. The van der Waals surface area contributed by atoms with Gasteiger partial charge in [0.15, 0.2) is 17.4 Å². The molecule has 7 heteroatoms. The third-order valence-electron chi connectivity index (χ3n) is 3.44. The predicted molar refractivity (Wildman–Crippen MR) is 85.6 cm³/mol. The number of benzene rings is 1. The SMILES string of the molecule is CCCCCOc1c(F)cc(C=C2C(=O)OC(C)(C)OC2=O)cc1F. The smallest absolute Gasteiger partial charge is 0.348 e. The highest BCUT2D eigenvalue weighted by Gasteiger charge is 2.38. The van der Waals surface area contributed by atoms with Gasteiger partial charge in [-0.05, 0) is 30.2 Å². The number of hydrogen-bond acceptors (Lipinski definition) is 5. The fraction of sp³-hybridized carbons (Fsp3) is 0.444. The van der Waals surface area contributed by atoms with Gasteiger partial charge in [-0.25, -0.2) is 18.4 Å². The Morgan fingerprint density at radius 1 is 1.08 bits per heavy atom. The van der Waals surface area contributed by atoms with E-state index in [1.54, 1.807) is 0 Å². The molecule has 2 rings (SSSR count). The van der Waals surface area contributed by atoms with Crippen molar-refractivity contribution in [1.82, 2.24) is 0 Å². The van der Waals surface area contributed by atoms with Crippen molar-refractivity contribution in [2.45, 2.75) is 45.8 Å². The number of unbranched alkanes of at least 4 members (excludes halogenated alkanes) is 2. The largest absolute Gasteiger partial charge is 0.488 e. The normalized spacial score (nSPS) is 16.3. The molecule has 1 saturated heterocycles. The lowest BCUT2D eigenvalue weighted by molar-refractivity contribution is -0.222. The minimum absolute atomic E-state index is 0.0143. The molecule has 25 heavy (non-hydrogen) atoms. The summed E-state index contributed by atoms with van der Waals surface area (Å²) in [6.07, 6.45) is 3.57. The number of carbonyl (C=O) groups excluding carboxylic acids is 2. The summed E-state index contributed by atoms with van der Waals surface area (Å²) in [5.41, 5.74) is -0.450. The number of hydrogen-bond donors (Lipinski definition) is 0. The topological polar surface area (TPSA) is 61.8 Å². The predicted octanol–water partition coefficient (Wildman–Crippen LogP) is 3.75. The molecule has 0 spiro atoms. The average molecular weight is 354 g/mol. The van der Waals surface area contributed by atoms with Crippen LogP contribution in [0.15, 0.2) is 17.7 Å². The van der Waals surface area contributed by atoms with E-state index in [0.717, 1.165) is 31.1 Å². The molecule has 0 unspecified atom stereocenters. The molecule has 1 aliphatic rings. The third kappa shape index (κ3) is 4.78. The van der Waals surface area contributed by atoms with E-state index in [-0.39, 0.29) is 12.2 Å². The maximum absolute atomic E-state index is 14.1. The van der Waals surface area contributed by atoms with Gasteiger partial charge in [0.2, 0.25) is 0 Å². The first-order chi connectivity index (χ1) is 11.7. The molecule has 0 radical (unpaired) electrons. The Labute approximate surface area is 144 Å². The molecule has 1 aromatic carbocycles. The van der Waals surface area contributed by atoms with Gasteiger partial charge in [0.1, 0.15) is 5.57 Å². The molecule has 1 aromatic rings. The van der Waals surface area contributed by atoms with Crippen molar-refractivity contribution in [3.8, 4) is 5.75 Å². The van der Waals surface area contributed by atoms with E-state index in [4.69, 9.17) is 14.2 Å². The zero-order chi connectivity index (χ0) is 18.6. The van der Waals surface area contributed by atoms with Gasteiger partial charge in [0.25, 0.3) is 5.79 Å². The van der Waals surface area contributed by atoms with Crippen molar-refractivity contribution in [1.29, 1.82) is 0 Å². The van der Waals surface area contributed by atoms with Crippen LogP contribution in [0.1, 0.15) is 45.6 Å². The first-order valence-electron chi connectivity index (χ1n) is 8.03. The Hall–Kier alpha value is -2.44. The van der Waals surface area contributed by atoms with E-state index in [2.05, 4.69) is 0 Å². The second kappa shape index (κ2) is 7.63. The quantitative estimate of drug-likeness (QED) is 0.337. The van der Waals surface area contributed by atoms with E-state index >= 15 is 0 Å². The molecule has 136 valence electrons. The Morgan fingerprint density at radius 3 is 2.16 bits per heavy atom. The van der Waals surface area contributed by atoms with Gasteiger partial charge < -0.3 is 14.2 Å². The lowest BCUT2D eigenvalue weighted by atomic mass is 10.1. The molecule has 0 aromatic heterocycles. The maximum Gasteiger partial charge on any atom is 0.348 e. The van der Waals surface area contributed by atoms with Crippen LogP contribution < -0.4 is 4.74 Å². The highest BCUT2D eigenvalue weighted by atomic mass is 19.1. The van der Waals surface area contributed by atoms with E-state index in [1.807, 2.05) is 6.92 Å². The van der Waals surface area contributed by atoms with E-state index < -0.39 is 40.7 Å². The van der Waals surface area contributed by atoms with Gasteiger partial charge >= 0.3 is 11.9 Å². The number of carbonyl (C=O) groups is 2. The summed E-state index contributed by atoms with van der Waals surface area (Å²) < 4.78 is 43.1. The van der Waals surface area contributed by atoms with Gasteiger partial charge in [0.05, 0.1) is 6.61 Å². The van der Waals surface area contributed by atoms with Crippen molar-refractivity contribution >= 4 is 18.0 Å². The fourth-order valence-electron chi connectivity index (χ4n) is 2.27. The molecule has 0 bridgehead atoms. The number of cyclic esters (lactones) is 2. The van der Waals surface area contributed by atoms with Gasteiger partial charge in [0, 0.05) is 13.8 Å². The molecule has 5 nitrogen and oxygen atoms in total. The zero-order valence-corrected chi connectivity index (χ0v) is 14.4. The molecular weight excluding hydrogens is 334 g/mol. The first kappa shape index (κ1) is 18.9. The minimum atomic E-state index is -1.38. The van der Waals surface area contributed by atoms with Crippen LogP contribution >= 0.6 is 0 Å². The summed E-state index contributed by atoms with van der Waals surface area (Å²) in [5.74, 6) is -5.52. The Morgan fingerprint density at radius 2 is 1.64 bits per heavy atom. The number of esters is 2. The Kier molecular flexibility index (Phi) is 5.77. The summed E-state index contributed by atoms with van der Waals surface area (Å²) in [5, 5.41) is 0. The van der Waals surface area contributed by atoms with Crippen LogP contribution in [0.5, 0.6) is 5.75 Å². The van der Waals surface area contributed by atoms with Crippen molar-refractivity contribution in [3.63, 3.8) is 0 Å². The second-order valence-electron chi connectivity index (χ2n) is 6.11. The van der Waals surface area contributed by atoms with Crippen molar-refractivity contribution in [2.24, 2.45) is 0 Å². The summed E-state index contributed by atoms with van der Waals surface area (Å²) in [7, 11) is 0. The van der Waals surface area contributed by atoms with Crippen LogP contribution in [0.3, 0.4) is 0 Å². The standard InChI is InChI=1S/C18H20F2O5/c1-4-5-6-7-23-15-13(19)9-11(10-14(15)20)8-12-16(21)24-18(2,3)25-17(12)22/h8-10H,4-7H2,1-3H3. The average Bonchev–Trinajstić information content (AvgIpc) is 2.48. The molecule has 0 saturated carbocycles. The maximum atomic E-state index is 14.1. The van der Waals surface area contributed by atoms with Crippen LogP contribution in [0.25, 0.3) is 6.08 Å². The van der Waals surface area contributed by atoms with Gasteiger partial charge in [-0.1, -0.05) is 19.8 Å². The van der Waals surface area contributed by atoms with Crippen molar-refractivity contribution in [2.75, 3.05) is 6.61 Å². The van der Waals surface area contributed by atoms with E-state index in [0.29, 0.717) is 6.42 Å². The van der Waals surface area contributed by atoms with Crippen LogP contribution in [-0.4, -0.2) is 24.3 Å². The first-order valence-corrected chi connectivity index (χ1v) is 8.03. The summed E-state index contributed by atoms with van der Waals surface area (Å²) in [6, 6.07) is 1.96. The summed E-state index contributed by atoms with van der Waals surface area (Å²) in [6.45, 7) is 5.02. The van der Waals surface area contributed by atoms with Crippen LogP contribution in [-0.2, 0) is 19.1 Å². The molecule has 0 N–H and O–H groups in total. The molecule has 0 aliphatic carbocycles. The van der Waals surface area contributed by atoms with Crippen LogP contribution in [0.4, 0.5) is 8.78 Å². The third-order valence-corrected chi connectivity index (χ3v) is 3.44. The molecule has 1 aliphatic heterocycles. The fourth-order valence-corrected chi connectivity index (χ4v) is 2.27. The van der Waals surface area contributed by atoms with Gasteiger partial charge in [-0.3, -0.25) is 0 Å². The number of ether oxygens (including phenoxy) is 3. The van der Waals surface area contributed by atoms with Crippen molar-refractivity contribution < 1.29 is 32.6 Å². The lowest BCUT2D eigenvalue weighted by Crippen LogP contribution is -2.41. The minimum Gasteiger partial charge on any atom is -0.488 e. The van der Waals surface area contributed by atoms with E-state index in [1.165, 1.54) is 13.8 Å². The van der Waals surface area contributed by atoms with Crippen LogP contribution in [0.2, 0.25) is 0 Å². The highest BCUT2D eigenvalue weighted by molar-refractivity contribution is 6.18. The monoisotopic (exact) mass is 354 g/mol. The second-order valence-corrected chi connectivity index (χ2v) is 6.11. The van der Waals surface area contributed by atoms with Gasteiger partial charge in [-0.2, -0.15) is 0 Å². The van der Waals surface area contributed by atoms with Gasteiger partial charge in [-0.15, -0.1) is 0 Å². The Balaban J connectivity index is 2.21. The highest BCUT2D eigenvalue weighted by Crippen LogP contribution is 2.27.